The van der Waals surface area contributed by atoms with Gasteiger partial charge >= 0.3 is 5.97 Å². The number of benzene rings is 2. The van der Waals surface area contributed by atoms with Crippen LogP contribution in [-0.2, 0) is 20.9 Å². The van der Waals surface area contributed by atoms with Crippen molar-refractivity contribution < 1.29 is 29.0 Å². The second kappa shape index (κ2) is 8.90. The van der Waals surface area contributed by atoms with Gasteiger partial charge in [-0.3, -0.25) is 24.6 Å². The number of imide groups is 1. The van der Waals surface area contributed by atoms with Gasteiger partial charge in [0.2, 0.25) is 11.8 Å². The van der Waals surface area contributed by atoms with Gasteiger partial charge in [-0.05, 0) is 51.0 Å². The molecule has 1 saturated heterocycles. The number of nitrogens with zero attached hydrogens (tertiary/aromatic N) is 1. The summed E-state index contributed by atoms with van der Waals surface area (Å²) >= 11 is 0. The fourth-order valence-electron chi connectivity index (χ4n) is 4.11. The monoisotopic (exact) mass is 465 g/mol. The number of piperidine rings is 1. The molecule has 2 aliphatic heterocycles. The molecule has 0 aliphatic carbocycles. The highest BCUT2D eigenvalue weighted by Gasteiger charge is 2.45. The number of anilines is 1. The van der Waals surface area contributed by atoms with Crippen LogP contribution in [0.1, 0.15) is 71.7 Å². The van der Waals surface area contributed by atoms with E-state index < -0.39 is 35.7 Å². The third-order valence-electron chi connectivity index (χ3n) is 5.70. The zero-order valence-corrected chi connectivity index (χ0v) is 19.3. The van der Waals surface area contributed by atoms with Crippen molar-refractivity contribution in [2.45, 2.75) is 58.0 Å². The first-order valence-corrected chi connectivity index (χ1v) is 11.1. The zero-order chi connectivity index (χ0) is 24.6. The van der Waals surface area contributed by atoms with Gasteiger partial charge in [0, 0.05) is 24.2 Å². The van der Waals surface area contributed by atoms with Crippen molar-refractivity contribution in [3.63, 3.8) is 0 Å². The Balaban J connectivity index is 1.48. The van der Waals surface area contributed by atoms with Crippen molar-refractivity contribution in [3.8, 4) is 0 Å². The molecule has 178 valence electrons. The van der Waals surface area contributed by atoms with Crippen molar-refractivity contribution >= 4 is 29.4 Å². The summed E-state index contributed by atoms with van der Waals surface area (Å²) < 4.78 is 5.37. The molecule has 2 aromatic carbocycles. The van der Waals surface area contributed by atoms with Crippen LogP contribution in [-0.4, -0.2) is 45.3 Å². The maximum absolute atomic E-state index is 13.2. The van der Waals surface area contributed by atoms with Crippen LogP contribution in [0.25, 0.3) is 0 Å². The fourth-order valence-corrected chi connectivity index (χ4v) is 4.11. The number of amides is 3. The van der Waals surface area contributed by atoms with Crippen LogP contribution in [0.15, 0.2) is 42.5 Å². The van der Waals surface area contributed by atoms with Gasteiger partial charge in [-0.25, -0.2) is 4.79 Å². The molecule has 2 unspecified atom stereocenters. The zero-order valence-electron chi connectivity index (χ0n) is 19.3. The summed E-state index contributed by atoms with van der Waals surface area (Å²) in [5.41, 5.74) is 1.96. The number of fused-ring (bicyclic) bond motifs is 1. The number of rotatable bonds is 5. The molecule has 0 aromatic heterocycles. The number of hydrogen-bond donors (Lipinski definition) is 3. The Hall–Kier alpha value is -3.72. The van der Waals surface area contributed by atoms with Crippen molar-refractivity contribution in [1.29, 1.82) is 0 Å². The van der Waals surface area contributed by atoms with Crippen LogP contribution in [0.5, 0.6) is 0 Å². The predicted molar refractivity (Wildman–Crippen MR) is 123 cm³/mol. The summed E-state index contributed by atoms with van der Waals surface area (Å²) in [6.07, 6.45) is -1.01. The average Bonchev–Trinajstić information content (AvgIpc) is 3.02. The van der Waals surface area contributed by atoms with E-state index in [-0.39, 0.29) is 18.7 Å². The van der Waals surface area contributed by atoms with Crippen LogP contribution < -0.4 is 10.6 Å². The average molecular weight is 466 g/mol. The molecule has 2 atom stereocenters. The van der Waals surface area contributed by atoms with Crippen LogP contribution in [0.2, 0.25) is 0 Å². The Labute approximate surface area is 197 Å². The molecule has 3 amide bonds. The van der Waals surface area contributed by atoms with E-state index in [0.717, 1.165) is 10.5 Å². The number of esters is 1. The summed E-state index contributed by atoms with van der Waals surface area (Å²) in [5.74, 6) is -1.85. The Morgan fingerprint density at radius 3 is 2.50 bits per heavy atom. The Bertz CT molecular complexity index is 1150. The van der Waals surface area contributed by atoms with E-state index in [1.54, 1.807) is 63.2 Å². The molecular formula is C25H27N3O6. The second-order valence-electron chi connectivity index (χ2n) is 9.38. The fraction of sp³-hybridized carbons (Fsp3) is 0.360. The van der Waals surface area contributed by atoms with Gasteiger partial charge in [-0.2, -0.15) is 0 Å². The van der Waals surface area contributed by atoms with Gasteiger partial charge in [-0.1, -0.05) is 24.3 Å². The van der Waals surface area contributed by atoms with Gasteiger partial charge in [0.05, 0.1) is 11.1 Å². The van der Waals surface area contributed by atoms with E-state index in [2.05, 4.69) is 10.6 Å². The van der Waals surface area contributed by atoms with Crippen LogP contribution in [0, 0.1) is 0 Å². The lowest BCUT2D eigenvalue weighted by atomic mass is 10.0. The normalized spacial score (nSPS) is 20.1. The van der Waals surface area contributed by atoms with Crippen LogP contribution >= 0.6 is 0 Å². The SMILES string of the molecule is CC(C)(C)OC(=O)c1ccc(CNc2cccc3c2C(=O)N(C2CCC(=O)NC2=O)C3O)cc1. The molecule has 2 aromatic rings. The van der Waals surface area contributed by atoms with Crippen LogP contribution in [0.4, 0.5) is 5.69 Å². The van der Waals surface area contributed by atoms with E-state index in [0.29, 0.717) is 28.9 Å². The van der Waals surface area contributed by atoms with E-state index in [4.69, 9.17) is 4.74 Å². The molecular weight excluding hydrogens is 438 g/mol. The third-order valence-corrected chi connectivity index (χ3v) is 5.70. The molecule has 0 bridgehead atoms. The quantitative estimate of drug-likeness (QED) is 0.458. The first-order chi connectivity index (χ1) is 16.0. The molecule has 2 heterocycles. The van der Waals surface area contributed by atoms with Crippen molar-refractivity contribution in [1.82, 2.24) is 10.2 Å². The lowest BCUT2D eigenvalue weighted by Gasteiger charge is -2.31. The number of aliphatic hydroxyl groups excluding tert-OH is 1. The summed E-state index contributed by atoms with van der Waals surface area (Å²) in [4.78, 5) is 50.3. The predicted octanol–water partition coefficient (Wildman–Crippen LogP) is 2.51. The molecule has 34 heavy (non-hydrogen) atoms. The van der Waals surface area contributed by atoms with E-state index in [1.807, 2.05) is 0 Å². The van der Waals surface area contributed by atoms with Crippen LogP contribution in [0.3, 0.4) is 0 Å². The number of carbonyl (C=O) groups excluding carboxylic acids is 4. The van der Waals surface area contributed by atoms with Gasteiger partial charge in [0.25, 0.3) is 5.91 Å². The molecule has 0 saturated carbocycles. The van der Waals surface area contributed by atoms with E-state index in [9.17, 15) is 24.3 Å². The third kappa shape index (κ3) is 4.65. The lowest BCUT2D eigenvalue weighted by molar-refractivity contribution is -0.139. The Morgan fingerprint density at radius 1 is 1.15 bits per heavy atom. The lowest BCUT2D eigenvalue weighted by Crippen LogP contribution is -2.53. The van der Waals surface area contributed by atoms with E-state index >= 15 is 0 Å². The minimum absolute atomic E-state index is 0.105. The summed E-state index contributed by atoms with van der Waals surface area (Å²) in [6, 6.07) is 11.1. The number of carbonyl (C=O) groups is 4. The smallest absolute Gasteiger partial charge is 0.338 e. The molecule has 9 heteroatoms. The summed E-state index contributed by atoms with van der Waals surface area (Å²) in [7, 11) is 0. The van der Waals surface area contributed by atoms with Crippen molar-refractivity contribution in [2.24, 2.45) is 0 Å². The largest absolute Gasteiger partial charge is 0.456 e. The van der Waals surface area contributed by atoms with Gasteiger partial charge < -0.3 is 15.2 Å². The summed E-state index contributed by atoms with van der Waals surface area (Å²) in [6.45, 7) is 5.79. The molecule has 2 aliphatic rings. The Kier molecular flexibility index (Phi) is 6.14. The molecule has 1 fully saturated rings. The van der Waals surface area contributed by atoms with Crippen molar-refractivity contribution in [2.75, 3.05) is 5.32 Å². The number of aliphatic hydroxyl groups is 1. The maximum Gasteiger partial charge on any atom is 0.338 e. The molecule has 0 spiro atoms. The van der Waals surface area contributed by atoms with Gasteiger partial charge in [0.1, 0.15) is 11.6 Å². The second-order valence-corrected chi connectivity index (χ2v) is 9.38. The molecule has 4 rings (SSSR count). The van der Waals surface area contributed by atoms with Crippen molar-refractivity contribution in [3.05, 3.63) is 64.7 Å². The first-order valence-electron chi connectivity index (χ1n) is 11.1. The molecule has 9 nitrogen and oxygen atoms in total. The van der Waals surface area contributed by atoms with Gasteiger partial charge in [0.15, 0.2) is 6.23 Å². The highest BCUT2D eigenvalue weighted by atomic mass is 16.6. The maximum atomic E-state index is 13.2. The first kappa shape index (κ1) is 23.4. The molecule has 3 N–H and O–H groups in total. The minimum Gasteiger partial charge on any atom is -0.456 e. The molecule has 0 radical (unpaired) electrons. The number of hydrogen-bond acceptors (Lipinski definition) is 7. The van der Waals surface area contributed by atoms with E-state index in [1.165, 1.54) is 0 Å². The number of ether oxygens (including phenoxy) is 1. The topological polar surface area (TPSA) is 125 Å². The number of nitrogens with one attached hydrogen (secondary N) is 2. The standard InChI is InChI=1S/C25H27N3O6/c1-25(2,3)34-24(33)15-9-7-14(8-10-15)13-26-17-6-4-5-16-20(17)23(32)28(22(16)31)18-11-12-19(29)27-21(18)30/h4-10,18,22,26,31H,11-13H2,1-3H3,(H,27,29,30). The Morgan fingerprint density at radius 2 is 1.85 bits per heavy atom. The van der Waals surface area contributed by atoms with Gasteiger partial charge in [-0.15, -0.1) is 0 Å². The minimum atomic E-state index is -1.28. The highest BCUT2D eigenvalue weighted by Crippen LogP contribution is 2.38. The highest BCUT2D eigenvalue weighted by molar-refractivity contribution is 6.08. The summed E-state index contributed by atoms with van der Waals surface area (Å²) in [5, 5.41) is 16.2.